The van der Waals surface area contributed by atoms with Gasteiger partial charge in [0.25, 0.3) is 0 Å². The third kappa shape index (κ3) is 4.99. The fraction of sp³-hybridized carbons (Fsp3) is 0.583. The van der Waals surface area contributed by atoms with E-state index in [2.05, 4.69) is 11.9 Å². The molecule has 1 aliphatic rings. The summed E-state index contributed by atoms with van der Waals surface area (Å²) >= 11 is 0. The second-order valence-electron chi connectivity index (χ2n) is 4.26. The Morgan fingerprint density at radius 1 is 1.58 bits per heavy atom. The average Bonchev–Trinajstić information content (AvgIpc) is 2.37. The molecule has 2 N–H and O–H groups in total. The molecular formula is C12H18N2O5. The van der Waals surface area contributed by atoms with Crippen LogP contribution in [0.25, 0.3) is 0 Å². The average molecular weight is 270 g/mol. The number of hydrogen-bond acceptors (Lipinski definition) is 4. The van der Waals surface area contributed by atoms with E-state index in [1.165, 1.54) is 11.0 Å². The summed E-state index contributed by atoms with van der Waals surface area (Å²) in [5, 5.41) is 11.2. The Bertz CT molecular complexity index is 369. The normalized spacial score (nSPS) is 18.8. The molecule has 1 saturated heterocycles. The maximum atomic E-state index is 11.9. The maximum Gasteiger partial charge on any atom is 0.407 e. The lowest BCUT2D eigenvalue weighted by Gasteiger charge is -2.31. The number of nitrogens with zero attached hydrogens (tertiary/aromatic N) is 1. The van der Waals surface area contributed by atoms with E-state index >= 15 is 0 Å². The molecule has 1 atom stereocenters. The highest BCUT2D eigenvalue weighted by Gasteiger charge is 2.29. The Balaban J connectivity index is 2.40. The van der Waals surface area contributed by atoms with Crippen molar-refractivity contribution in [3.63, 3.8) is 0 Å². The van der Waals surface area contributed by atoms with Gasteiger partial charge in [0.1, 0.15) is 13.2 Å². The Kier molecular flexibility index (Phi) is 5.84. The number of carboxylic acid groups (broad SMARTS) is 1. The molecule has 0 spiro atoms. The van der Waals surface area contributed by atoms with Crippen molar-refractivity contribution < 1.29 is 24.2 Å². The zero-order chi connectivity index (χ0) is 14.3. The predicted octanol–water partition coefficient (Wildman–Crippen LogP) is 0.222. The van der Waals surface area contributed by atoms with Gasteiger partial charge in [0.05, 0.1) is 5.92 Å². The highest BCUT2D eigenvalue weighted by molar-refractivity contribution is 5.84. The number of ether oxygens (including phenoxy) is 1. The number of likely N-dealkylation sites (tertiary alicyclic amines) is 1. The summed E-state index contributed by atoms with van der Waals surface area (Å²) in [4.78, 5) is 35.1. The van der Waals surface area contributed by atoms with Gasteiger partial charge in [0.2, 0.25) is 5.91 Å². The molecule has 1 rings (SSSR count). The maximum absolute atomic E-state index is 11.9. The van der Waals surface area contributed by atoms with E-state index in [1.807, 2.05) is 0 Å². The fourth-order valence-electron chi connectivity index (χ4n) is 1.92. The van der Waals surface area contributed by atoms with E-state index in [0.717, 1.165) is 6.42 Å². The van der Waals surface area contributed by atoms with Crippen molar-refractivity contribution in [2.75, 3.05) is 26.2 Å². The van der Waals surface area contributed by atoms with Crippen molar-refractivity contribution in [3.05, 3.63) is 12.7 Å². The third-order valence-corrected chi connectivity index (χ3v) is 2.79. The Labute approximate surface area is 111 Å². The van der Waals surface area contributed by atoms with Crippen molar-refractivity contribution in [3.8, 4) is 0 Å². The lowest BCUT2D eigenvalue weighted by atomic mass is 9.97. The van der Waals surface area contributed by atoms with Crippen molar-refractivity contribution in [1.29, 1.82) is 0 Å². The van der Waals surface area contributed by atoms with Gasteiger partial charge in [-0.1, -0.05) is 12.7 Å². The van der Waals surface area contributed by atoms with Gasteiger partial charge in [-0.15, -0.1) is 0 Å². The van der Waals surface area contributed by atoms with Crippen LogP contribution >= 0.6 is 0 Å². The predicted molar refractivity (Wildman–Crippen MR) is 66.5 cm³/mol. The number of carboxylic acids is 1. The number of piperidine rings is 1. The second kappa shape index (κ2) is 7.40. The Hall–Kier alpha value is -2.05. The van der Waals surface area contributed by atoms with Crippen molar-refractivity contribution in [1.82, 2.24) is 10.2 Å². The number of nitrogens with one attached hydrogen (secondary N) is 1. The zero-order valence-electron chi connectivity index (χ0n) is 10.6. The van der Waals surface area contributed by atoms with Crippen LogP contribution in [0.3, 0.4) is 0 Å². The number of rotatable bonds is 6. The number of hydrogen-bond donors (Lipinski definition) is 2. The van der Waals surface area contributed by atoms with Gasteiger partial charge >= 0.3 is 12.1 Å². The number of aliphatic carboxylic acids is 1. The third-order valence-electron chi connectivity index (χ3n) is 2.79. The summed E-state index contributed by atoms with van der Waals surface area (Å²) in [5.74, 6) is -1.66. The molecule has 0 bridgehead atoms. The first kappa shape index (κ1) is 15.0. The van der Waals surface area contributed by atoms with E-state index < -0.39 is 12.1 Å². The van der Waals surface area contributed by atoms with Gasteiger partial charge in [-0.05, 0) is 12.8 Å². The molecule has 1 aliphatic heterocycles. The summed E-state index contributed by atoms with van der Waals surface area (Å²) in [6, 6.07) is 0. The molecule has 0 aromatic heterocycles. The first-order valence-corrected chi connectivity index (χ1v) is 6.06. The van der Waals surface area contributed by atoms with Gasteiger partial charge in [0, 0.05) is 13.1 Å². The Morgan fingerprint density at radius 2 is 2.32 bits per heavy atom. The van der Waals surface area contributed by atoms with Crippen LogP contribution in [0.1, 0.15) is 12.8 Å². The van der Waals surface area contributed by atoms with E-state index in [0.29, 0.717) is 13.0 Å². The van der Waals surface area contributed by atoms with Gasteiger partial charge in [-0.25, -0.2) is 4.79 Å². The van der Waals surface area contributed by atoms with Crippen LogP contribution in [0.4, 0.5) is 4.79 Å². The molecule has 19 heavy (non-hydrogen) atoms. The van der Waals surface area contributed by atoms with Crippen LogP contribution in [0.5, 0.6) is 0 Å². The number of alkyl carbamates (subject to hydrolysis) is 1. The molecule has 0 aliphatic carbocycles. The summed E-state index contributed by atoms with van der Waals surface area (Å²) in [6.45, 7) is 3.83. The van der Waals surface area contributed by atoms with Crippen molar-refractivity contribution >= 4 is 18.0 Å². The molecule has 0 aromatic rings. The Morgan fingerprint density at radius 3 is 2.95 bits per heavy atom. The quantitative estimate of drug-likeness (QED) is 0.673. The van der Waals surface area contributed by atoms with Crippen LogP contribution in [-0.2, 0) is 14.3 Å². The molecule has 2 amide bonds. The van der Waals surface area contributed by atoms with Crippen molar-refractivity contribution in [2.24, 2.45) is 5.92 Å². The second-order valence-corrected chi connectivity index (χ2v) is 4.26. The molecule has 1 unspecified atom stereocenters. The number of amides is 2. The molecule has 0 saturated carbocycles. The molecule has 7 nitrogen and oxygen atoms in total. The molecule has 106 valence electrons. The summed E-state index contributed by atoms with van der Waals surface area (Å²) in [7, 11) is 0. The van der Waals surface area contributed by atoms with Gasteiger partial charge in [-0.3, -0.25) is 9.59 Å². The lowest BCUT2D eigenvalue weighted by Crippen LogP contribution is -2.47. The van der Waals surface area contributed by atoms with Crippen LogP contribution in [0.15, 0.2) is 12.7 Å². The molecule has 7 heteroatoms. The van der Waals surface area contributed by atoms with E-state index in [4.69, 9.17) is 9.84 Å². The minimum atomic E-state index is -1.03. The number of carbonyl (C=O) groups is 3. The fourth-order valence-corrected chi connectivity index (χ4v) is 1.92. The highest BCUT2D eigenvalue weighted by atomic mass is 16.5. The molecule has 0 radical (unpaired) electrons. The van der Waals surface area contributed by atoms with Gasteiger partial charge in [0.15, 0.2) is 0 Å². The molecule has 0 aromatic carbocycles. The minimum absolute atomic E-state index is 0.107. The van der Waals surface area contributed by atoms with Crippen molar-refractivity contribution in [2.45, 2.75) is 12.8 Å². The molecule has 1 fully saturated rings. The largest absolute Gasteiger partial charge is 0.480 e. The first-order chi connectivity index (χ1) is 9.04. The summed E-state index contributed by atoms with van der Waals surface area (Å²) in [5.41, 5.74) is 0. The van der Waals surface area contributed by atoms with Gasteiger partial charge in [-0.2, -0.15) is 0 Å². The number of carbonyl (C=O) groups excluding carboxylic acids is 2. The smallest absolute Gasteiger partial charge is 0.407 e. The summed E-state index contributed by atoms with van der Waals surface area (Å²) in [6.07, 6.45) is 2.20. The SMILES string of the molecule is C=CCOC(=O)NCC1CCCN(CC(=O)O)C1=O. The highest BCUT2D eigenvalue weighted by Crippen LogP contribution is 2.17. The standard InChI is InChI=1S/C12H18N2O5/c1-2-6-19-12(18)13-7-9-4-3-5-14(11(9)17)8-10(15)16/h2,9H,1,3-8H2,(H,13,18)(H,15,16). The molecular weight excluding hydrogens is 252 g/mol. The first-order valence-electron chi connectivity index (χ1n) is 6.06. The van der Waals surface area contributed by atoms with E-state index in [-0.39, 0.29) is 31.5 Å². The van der Waals surface area contributed by atoms with E-state index in [1.54, 1.807) is 0 Å². The summed E-state index contributed by atoms with van der Waals surface area (Å²) < 4.78 is 4.72. The monoisotopic (exact) mass is 270 g/mol. The van der Waals surface area contributed by atoms with Crippen LogP contribution < -0.4 is 5.32 Å². The topological polar surface area (TPSA) is 95.9 Å². The van der Waals surface area contributed by atoms with E-state index in [9.17, 15) is 14.4 Å². The molecule has 1 heterocycles. The van der Waals surface area contributed by atoms with Gasteiger partial charge < -0.3 is 20.1 Å². The van der Waals surface area contributed by atoms with Crippen LogP contribution in [-0.4, -0.2) is 54.2 Å². The minimum Gasteiger partial charge on any atom is -0.480 e. The lowest BCUT2D eigenvalue weighted by molar-refractivity contribution is -0.148. The van der Waals surface area contributed by atoms with Crippen LogP contribution in [0, 0.1) is 5.92 Å². The van der Waals surface area contributed by atoms with Crippen LogP contribution in [0.2, 0.25) is 0 Å². The zero-order valence-corrected chi connectivity index (χ0v) is 10.6.